The third-order valence-electron chi connectivity index (χ3n) is 3.34. The molecule has 5 nitrogen and oxygen atoms in total. The number of hydrogen-bond donors (Lipinski definition) is 2. The molecule has 6 heteroatoms. The first-order chi connectivity index (χ1) is 12.2. The minimum Gasteiger partial charge on any atom is -0.490 e. The zero-order valence-electron chi connectivity index (χ0n) is 14.9. The number of hydrogen-bond acceptors (Lipinski definition) is 4. The van der Waals surface area contributed by atoms with E-state index in [9.17, 15) is 4.79 Å². The van der Waals surface area contributed by atoms with Crippen LogP contribution in [-0.4, -0.2) is 25.7 Å². The van der Waals surface area contributed by atoms with Crippen molar-refractivity contribution in [3.05, 3.63) is 66.7 Å². The van der Waals surface area contributed by atoms with E-state index in [4.69, 9.17) is 9.47 Å². The molecule has 2 N–H and O–H groups in total. The number of carbonyl (C=O) groups is 1. The molecule has 140 valence electrons. The summed E-state index contributed by atoms with van der Waals surface area (Å²) in [6.45, 7) is 7.48. The summed E-state index contributed by atoms with van der Waals surface area (Å²) in [4.78, 5) is 12.0. The van der Waals surface area contributed by atoms with Crippen LogP contribution in [0.2, 0.25) is 0 Å². The van der Waals surface area contributed by atoms with Gasteiger partial charge >= 0.3 is 0 Å². The van der Waals surface area contributed by atoms with Gasteiger partial charge < -0.3 is 20.1 Å². The van der Waals surface area contributed by atoms with Gasteiger partial charge in [-0.1, -0.05) is 30.3 Å². The number of para-hydroxylation sites is 1. The highest BCUT2D eigenvalue weighted by Gasteiger charge is 2.09. The van der Waals surface area contributed by atoms with Gasteiger partial charge in [-0.15, -0.1) is 19.0 Å². The summed E-state index contributed by atoms with van der Waals surface area (Å²) in [7, 11) is 0. The Kier molecular flexibility index (Phi) is 9.90. The maximum atomic E-state index is 12.0. The van der Waals surface area contributed by atoms with E-state index >= 15 is 0 Å². The van der Waals surface area contributed by atoms with Crippen molar-refractivity contribution in [1.29, 1.82) is 0 Å². The SMILES string of the molecule is C=CCNCc1ccc(OCC(=O)Nc2ccccc2)c(OCC)c1.Cl. The summed E-state index contributed by atoms with van der Waals surface area (Å²) in [6, 6.07) is 15.0. The number of carbonyl (C=O) groups excluding carboxylic acids is 1. The summed E-state index contributed by atoms with van der Waals surface area (Å²) in [6.07, 6.45) is 1.81. The third kappa shape index (κ3) is 7.17. The fraction of sp³-hybridized carbons (Fsp3) is 0.250. The molecule has 0 fully saturated rings. The van der Waals surface area contributed by atoms with Gasteiger partial charge in [0.05, 0.1) is 6.61 Å². The molecule has 0 bridgehead atoms. The van der Waals surface area contributed by atoms with E-state index in [0.29, 0.717) is 24.7 Å². The Bertz CT molecular complexity index is 693. The van der Waals surface area contributed by atoms with Gasteiger partial charge in [0.25, 0.3) is 5.91 Å². The van der Waals surface area contributed by atoms with Gasteiger partial charge in [-0.25, -0.2) is 0 Å². The van der Waals surface area contributed by atoms with Gasteiger partial charge in [0, 0.05) is 18.8 Å². The lowest BCUT2D eigenvalue weighted by atomic mass is 10.2. The monoisotopic (exact) mass is 376 g/mol. The Morgan fingerprint density at radius 3 is 2.58 bits per heavy atom. The van der Waals surface area contributed by atoms with Crippen LogP contribution in [0, 0.1) is 0 Å². The molecule has 2 aromatic carbocycles. The lowest BCUT2D eigenvalue weighted by Crippen LogP contribution is -2.20. The maximum absolute atomic E-state index is 12.0. The molecule has 0 aliphatic heterocycles. The van der Waals surface area contributed by atoms with Crippen LogP contribution in [0.15, 0.2) is 61.2 Å². The number of rotatable bonds is 10. The lowest BCUT2D eigenvalue weighted by molar-refractivity contribution is -0.118. The second-order valence-corrected chi connectivity index (χ2v) is 5.34. The van der Waals surface area contributed by atoms with E-state index in [2.05, 4.69) is 17.2 Å². The largest absolute Gasteiger partial charge is 0.490 e. The smallest absolute Gasteiger partial charge is 0.262 e. The van der Waals surface area contributed by atoms with Crippen LogP contribution >= 0.6 is 12.4 Å². The molecule has 26 heavy (non-hydrogen) atoms. The highest BCUT2D eigenvalue weighted by atomic mass is 35.5. The number of halogens is 1. The van der Waals surface area contributed by atoms with E-state index in [1.54, 1.807) is 0 Å². The number of amides is 1. The number of anilines is 1. The first-order valence-corrected chi connectivity index (χ1v) is 8.28. The van der Waals surface area contributed by atoms with Crippen LogP contribution in [0.4, 0.5) is 5.69 Å². The first kappa shape index (κ1) is 21.5. The summed E-state index contributed by atoms with van der Waals surface area (Å²) in [5.41, 5.74) is 1.82. The van der Waals surface area contributed by atoms with Crippen LogP contribution in [0.25, 0.3) is 0 Å². The molecular weight excluding hydrogens is 352 g/mol. The fourth-order valence-corrected chi connectivity index (χ4v) is 2.23. The van der Waals surface area contributed by atoms with Crippen LogP contribution in [-0.2, 0) is 11.3 Å². The molecule has 0 spiro atoms. The Balaban J connectivity index is 0.00000338. The molecule has 0 aliphatic rings. The normalized spacial score (nSPS) is 9.73. The molecule has 1 amide bonds. The Hall–Kier alpha value is -2.50. The zero-order chi connectivity index (χ0) is 17.9. The molecular formula is C20H25ClN2O3. The van der Waals surface area contributed by atoms with Crippen molar-refractivity contribution in [2.24, 2.45) is 0 Å². The summed E-state index contributed by atoms with van der Waals surface area (Å²) in [5.74, 6) is 0.968. The molecule has 0 aliphatic carbocycles. The molecule has 0 aromatic heterocycles. The van der Waals surface area contributed by atoms with Crippen molar-refractivity contribution in [1.82, 2.24) is 5.32 Å². The zero-order valence-corrected chi connectivity index (χ0v) is 15.7. The Morgan fingerprint density at radius 1 is 1.12 bits per heavy atom. The second-order valence-electron chi connectivity index (χ2n) is 5.34. The summed E-state index contributed by atoms with van der Waals surface area (Å²) < 4.78 is 11.3. The standard InChI is InChI=1S/C20H24N2O3.ClH/c1-3-12-21-14-16-10-11-18(19(13-16)24-4-2)25-15-20(23)22-17-8-6-5-7-9-17;/h3,5-11,13,21H,1,4,12,14-15H2,2H3,(H,22,23);1H. The molecule has 0 saturated heterocycles. The van der Waals surface area contributed by atoms with Crippen LogP contribution in [0.3, 0.4) is 0 Å². The molecule has 2 rings (SSSR count). The Labute approximate surface area is 160 Å². The Morgan fingerprint density at radius 2 is 1.88 bits per heavy atom. The minimum atomic E-state index is -0.217. The minimum absolute atomic E-state index is 0. The van der Waals surface area contributed by atoms with Crippen molar-refractivity contribution in [2.45, 2.75) is 13.5 Å². The van der Waals surface area contributed by atoms with Crippen molar-refractivity contribution in [2.75, 3.05) is 25.1 Å². The van der Waals surface area contributed by atoms with E-state index in [0.717, 1.165) is 17.8 Å². The molecule has 0 heterocycles. The summed E-state index contributed by atoms with van der Waals surface area (Å²) in [5, 5.41) is 6.02. The predicted molar refractivity (Wildman–Crippen MR) is 107 cm³/mol. The number of nitrogens with one attached hydrogen (secondary N) is 2. The average Bonchev–Trinajstić information content (AvgIpc) is 2.62. The van der Waals surface area contributed by atoms with Gasteiger partial charge in [-0.05, 0) is 36.8 Å². The fourth-order valence-electron chi connectivity index (χ4n) is 2.23. The van der Waals surface area contributed by atoms with Gasteiger partial charge in [0.2, 0.25) is 0 Å². The topological polar surface area (TPSA) is 59.6 Å². The lowest BCUT2D eigenvalue weighted by Gasteiger charge is -2.13. The molecule has 0 unspecified atom stereocenters. The van der Waals surface area contributed by atoms with Gasteiger partial charge in [-0.3, -0.25) is 4.79 Å². The van der Waals surface area contributed by atoms with Gasteiger partial charge in [-0.2, -0.15) is 0 Å². The van der Waals surface area contributed by atoms with Gasteiger partial charge in [0.1, 0.15) is 0 Å². The number of ether oxygens (including phenoxy) is 2. The van der Waals surface area contributed by atoms with E-state index in [-0.39, 0.29) is 24.9 Å². The number of benzene rings is 2. The van der Waals surface area contributed by atoms with Crippen LogP contribution < -0.4 is 20.1 Å². The van der Waals surface area contributed by atoms with E-state index in [1.807, 2.05) is 61.5 Å². The molecule has 0 radical (unpaired) electrons. The van der Waals surface area contributed by atoms with Crippen LogP contribution in [0.1, 0.15) is 12.5 Å². The third-order valence-corrected chi connectivity index (χ3v) is 3.34. The first-order valence-electron chi connectivity index (χ1n) is 8.28. The van der Waals surface area contributed by atoms with Crippen LogP contribution in [0.5, 0.6) is 11.5 Å². The summed E-state index contributed by atoms with van der Waals surface area (Å²) >= 11 is 0. The molecule has 2 aromatic rings. The quantitative estimate of drug-likeness (QED) is 0.489. The van der Waals surface area contributed by atoms with Crippen molar-refractivity contribution >= 4 is 24.0 Å². The van der Waals surface area contributed by atoms with E-state index < -0.39 is 0 Å². The average molecular weight is 377 g/mol. The van der Waals surface area contributed by atoms with E-state index in [1.165, 1.54) is 0 Å². The van der Waals surface area contributed by atoms with Crippen molar-refractivity contribution in [3.63, 3.8) is 0 Å². The van der Waals surface area contributed by atoms with Crippen molar-refractivity contribution in [3.8, 4) is 11.5 Å². The predicted octanol–water partition coefficient (Wildman–Crippen LogP) is 3.80. The maximum Gasteiger partial charge on any atom is 0.262 e. The highest BCUT2D eigenvalue weighted by Crippen LogP contribution is 2.28. The highest BCUT2D eigenvalue weighted by molar-refractivity contribution is 5.91. The van der Waals surface area contributed by atoms with Crippen molar-refractivity contribution < 1.29 is 14.3 Å². The molecule has 0 atom stereocenters. The molecule has 0 saturated carbocycles. The van der Waals surface area contributed by atoms with Gasteiger partial charge in [0.15, 0.2) is 18.1 Å². The second kappa shape index (κ2) is 12.0.